The van der Waals surface area contributed by atoms with Crippen LogP contribution in [0.2, 0.25) is 0 Å². The fourth-order valence-corrected chi connectivity index (χ4v) is 9.51. The van der Waals surface area contributed by atoms with Crippen molar-refractivity contribution in [1.29, 1.82) is 0 Å². The summed E-state index contributed by atoms with van der Waals surface area (Å²) in [6.45, 7) is 6.69. The molecule has 8 rings (SSSR count). The minimum atomic E-state index is -4.46. The standard InChI is InChI=1S/2C13H18O.C9H7NO2.C8H14F3NO4S.C7H12F3NO2.C7H10N2.C7H12/c2*1-10-4-3-5-11-9-13(14-2)7-6-12(11)8-10;1-10-8(11)6-4-2-3-5-7(6)9(10)12;1-6(3-4-16-17(2,14)15)7(13)12-5-8(9,10)11;1-5(2-3-12)6(13)11-4-7(8,9)10;1-8-7-5-3-4-6-9(7)2;1-7-5-3-2-4-6-7/h2*6-7,9-10H,3-5,8H2,1-2H3;2-5H,1H3;6H,3-5H2,1-2H3,(H,12,13);5,12H,2-4H2,1H3,(H,11,13);3-6H,1-2H3;2-3,7H,4-6H2,1H3/t2*10-;;;;;/m10...../s1. The van der Waals surface area contributed by atoms with Crippen LogP contribution in [0.25, 0.3) is 0 Å². The number of rotatable bonds is 12. The summed E-state index contributed by atoms with van der Waals surface area (Å²) in [5.41, 5.74) is 8.04. The number of aryl methyl sites for hydroxylation is 3. The number of imide groups is 1. The Labute approximate surface area is 505 Å². The predicted molar refractivity (Wildman–Crippen MR) is 323 cm³/mol. The lowest BCUT2D eigenvalue weighted by molar-refractivity contribution is -0.140. The van der Waals surface area contributed by atoms with Crippen LogP contribution < -0.4 is 25.6 Å². The smallest absolute Gasteiger partial charge is 0.405 e. The van der Waals surface area contributed by atoms with Crippen molar-refractivity contribution in [1.82, 2.24) is 20.1 Å². The molecule has 2 heterocycles. The van der Waals surface area contributed by atoms with Gasteiger partial charge in [0.05, 0.1) is 38.2 Å². The Morgan fingerprint density at radius 1 is 0.686 bits per heavy atom. The zero-order chi connectivity index (χ0) is 64.6. The summed E-state index contributed by atoms with van der Waals surface area (Å²) < 4.78 is 108. The van der Waals surface area contributed by atoms with Crippen LogP contribution in [0.15, 0.2) is 102 Å². The number of aliphatic hydroxyl groups is 1. The van der Waals surface area contributed by atoms with Gasteiger partial charge in [-0.2, -0.15) is 34.8 Å². The highest BCUT2D eigenvalue weighted by molar-refractivity contribution is 7.85. The van der Waals surface area contributed by atoms with E-state index in [1.165, 1.54) is 114 Å². The minimum Gasteiger partial charge on any atom is -0.497 e. The summed E-state index contributed by atoms with van der Waals surface area (Å²) in [5.74, 6) is 1.37. The maximum Gasteiger partial charge on any atom is 0.405 e. The normalized spacial score (nSPS) is 17.7. The highest BCUT2D eigenvalue weighted by Gasteiger charge is 2.32. The van der Waals surface area contributed by atoms with Gasteiger partial charge in [0, 0.05) is 45.8 Å². The van der Waals surface area contributed by atoms with Crippen LogP contribution in [0.5, 0.6) is 11.5 Å². The summed E-state index contributed by atoms with van der Waals surface area (Å²) in [6, 6.07) is 25.8. The Kier molecular flexibility index (Phi) is 33.9. The number of allylic oxidation sites excluding steroid dienone is 2. The second-order valence-corrected chi connectivity index (χ2v) is 23.6. The Balaban J connectivity index is 0.000000346. The first kappa shape index (κ1) is 75.6. The molecule has 1 aliphatic heterocycles. The molecule has 3 unspecified atom stereocenters. The largest absolute Gasteiger partial charge is 0.497 e. The van der Waals surface area contributed by atoms with E-state index in [1.807, 2.05) is 36.0 Å². The van der Waals surface area contributed by atoms with Crippen LogP contribution in [0, 0.1) is 29.6 Å². The summed E-state index contributed by atoms with van der Waals surface area (Å²) in [6.07, 6.45) is 13.0. The molecule has 0 radical (unpaired) electrons. The molecule has 0 saturated heterocycles. The lowest BCUT2D eigenvalue weighted by atomic mass is 9.97. The van der Waals surface area contributed by atoms with Crippen molar-refractivity contribution in [2.75, 3.05) is 60.9 Å². The number of alkyl halides is 6. The molecule has 4 amide bonds. The maximum absolute atomic E-state index is 11.8. The highest BCUT2D eigenvalue weighted by atomic mass is 32.2. The van der Waals surface area contributed by atoms with E-state index in [-0.39, 0.29) is 37.9 Å². The van der Waals surface area contributed by atoms with Gasteiger partial charge < -0.3 is 29.8 Å². The lowest BCUT2D eigenvalue weighted by Gasteiger charge is -2.13. The summed E-state index contributed by atoms with van der Waals surface area (Å²) >= 11 is 0. The number of halogens is 6. The molecule has 0 bridgehead atoms. The number of carbonyl (C=O) groups excluding carboxylic acids is 4. The third-order valence-electron chi connectivity index (χ3n) is 14.3. The van der Waals surface area contributed by atoms with Gasteiger partial charge in [-0.15, -0.1) is 0 Å². The first-order valence-electron chi connectivity index (χ1n) is 29.0. The molecule has 0 saturated carbocycles. The number of methoxy groups -OCH3 is 2. The van der Waals surface area contributed by atoms with Crippen LogP contribution in [0.3, 0.4) is 0 Å². The van der Waals surface area contributed by atoms with E-state index in [2.05, 4.69) is 78.5 Å². The monoisotopic (exact) mass is 1240 g/mol. The third-order valence-corrected chi connectivity index (χ3v) is 14.9. The van der Waals surface area contributed by atoms with Crippen molar-refractivity contribution in [3.8, 4) is 11.5 Å². The number of carbonyl (C=O) groups is 4. The molecule has 22 heteroatoms. The van der Waals surface area contributed by atoms with Gasteiger partial charge in [0.2, 0.25) is 11.8 Å². The molecular formula is C64H91F6N5O10S. The topological polar surface area (TPSA) is 195 Å². The van der Waals surface area contributed by atoms with Gasteiger partial charge in [-0.3, -0.25) is 33.3 Å². The van der Waals surface area contributed by atoms with Crippen molar-refractivity contribution >= 4 is 33.7 Å². The van der Waals surface area contributed by atoms with Crippen molar-refractivity contribution in [3.63, 3.8) is 0 Å². The van der Waals surface area contributed by atoms with E-state index in [1.54, 1.807) is 56.2 Å². The van der Waals surface area contributed by atoms with Gasteiger partial charge in [-0.25, -0.2) is 0 Å². The summed E-state index contributed by atoms with van der Waals surface area (Å²) in [7, 11) is 5.13. The van der Waals surface area contributed by atoms with Crippen LogP contribution in [0.1, 0.15) is 135 Å². The van der Waals surface area contributed by atoms with Crippen LogP contribution in [-0.2, 0) is 56.6 Å². The number of nitrogens with zero attached hydrogens (tertiary/aromatic N) is 3. The number of hydrogen-bond acceptors (Lipinski definition) is 11. The number of aromatic nitrogens is 1. The molecule has 480 valence electrons. The van der Waals surface area contributed by atoms with Crippen LogP contribution >= 0.6 is 0 Å². The maximum atomic E-state index is 11.8. The fraction of sp³-hybridized carbons (Fsp3) is 0.547. The number of benzene rings is 3. The first-order chi connectivity index (χ1) is 40.4. The number of ether oxygens (including phenoxy) is 2. The molecular weight excluding hydrogens is 1140 g/mol. The van der Waals surface area contributed by atoms with Gasteiger partial charge in [0.1, 0.15) is 30.1 Å². The quantitative estimate of drug-likeness (QED) is 0.0404. The van der Waals surface area contributed by atoms with E-state index in [0.717, 1.165) is 45.9 Å². The molecule has 15 nitrogen and oxygen atoms in total. The molecule has 86 heavy (non-hydrogen) atoms. The number of hydrogen-bond donors (Lipinski definition) is 3. The molecule has 4 aliphatic rings. The van der Waals surface area contributed by atoms with Crippen LogP contribution in [0.4, 0.5) is 26.3 Å². The molecule has 0 spiro atoms. The number of fused-ring (bicyclic) bond motifs is 3. The highest BCUT2D eigenvalue weighted by Crippen LogP contribution is 2.29. The van der Waals surface area contributed by atoms with Gasteiger partial charge in [0.25, 0.3) is 21.9 Å². The SMILES string of the molecule is CC(CCO)C(=O)NCC(F)(F)F.CC(CCOS(C)(=O)=O)C(=O)NCC(F)(F)F.CC1CC=CCC1.CN1C(=O)c2ccccc2C1=O.CN=c1ccccn1C.COc1ccc2c(c1)CCC[C@@H](C)C2.COc1ccc2c(c1)CCC[C@H](C)C2. The Bertz CT molecular complexity index is 2830. The number of aliphatic hydroxyl groups excluding tert-OH is 1. The number of nitrogens with one attached hydrogen (secondary N) is 2. The zero-order valence-electron chi connectivity index (χ0n) is 51.8. The fourth-order valence-electron chi connectivity index (χ4n) is 9.12. The van der Waals surface area contributed by atoms with E-state index >= 15 is 0 Å². The van der Waals surface area contributed by atoms with Crippen LogP contribution in [-0.4, -0.2) is 120 Å². The average Bonchev–Trinajstić information content (AvgIpc) is 2.11. The average molecular weight is 1240 g/mol. The molecule has 3 aromatic carbocycles. The summed E-state index contributed by atoms with van der Waals surface area (Å²) in [4.78, 5) is 49.8. The molecule has 3 N–H and O–H groups in total. The molecule has 0 fully saturated rings. The van der Waals surface area contributed by atoms with Gasteiger partial charge in [-0.05, 0) is 159 Å². The Morgan fingerprint density at radius 3 is 1.51 bits per heavy atom. The second kappa shape index (κ2) is 38.6. The Morgan fingerprint density at radius 2 is 1.15 bits per heavy atom. The van der Waals surface area contributed by atoms with E-state index < -0.39 is 59.2 Å². The van der Waals surface area contributed by atoms with E-state index in [9.17, 15) is 53.9 Å². The predicted octanol–water partition coefficient (Wildman–Crippen LogP) is 11.6. The number of amides is 4. The molecule has 5 atom stereocenters. The summed E-state index contributed by atoms with van der Waals surface area (Å²) in [5, 5.41) is 11.8. The lowest BCUT2D eigenvalue weighted by Crippen LogP contribution is -2.37. The van der Waals surface area contributed by atoms with Crippen molar-refractivity contribution in [2.24, 2.45) is 41.6 Å². The van der Waals surface area contributed by atoms with Crippen molar-refractivity contribution in [3.05, 3.63) is 136 Å². The second-order valence-electron chi connectivity index (χ2n) is 22.0. The molecule has 3 aliphatic carbocycles. The zero-order valence-corrected chi connectivity index (χ0v) is 52.6. The van der Waals surface area contributed by atoms with E-state index in [0.29, 0.717) is 11.1 Å². The molecule has 1 aromatic heterocycles. The van der Waals surface area contributed by atoms with Gasteiger partial charge in [-0.1, -0.05) is 89.9 Å². The molecule has 4 aromatic rings. The third kappa shape index (κ3) is 30.7. The first-order valence-corrected chi connectivity index (χ1v) is 30.8. The van der Waals surface area contributed by atoms with Crippen molar-refractivity contribution < 1.29 is 72.7 Å². The Hall–Kier alpha value is -6.52. The van der Waals surface area contributed by atoms with Crippen molar-refractivity contribution in [2.45, 2.75) is 130 Å². The number of pyridine rings is 1. The van der Waals surface area contributed by atoms with Gasteiger partial charge in [0.15, 0.2) is 0 Å². The van der Waals surface area contributed by atoms with Gasteiger partial charge >= 0.3 is 12.4 Å². The minimum absolute atomic E-state index is 0.0246. The van der Waals surface area contributed by atoms with E-state index in [4.69, 9.17) is 14.6 Å².